The molecule has 0 saturated heterocycles. The Morgan fingerprint density at radius 3 is 2.33 bits per heavy atom. The normalized spacial score (nSPS) is 11.3. The van der Waals surface area contributed by atoms with Gasteiger partial charge in [-0.2, -0.15) is 0 Å². The van der Waals surface area contributed by atoms with Crippen molar-refractivity contribution in [2.75, 3.05) is 5.73 Å². The Labute approximate surface area is 203 Å². The summed E-state index contributed by atoms with van der Waals surface area (Å²) >= 11 is 0. The Balaban J connectivity index is 1.52. The molecule has 1 aliphatic carbocycles. The van der Waals surface area contributed by atoms with Gasteiger partial charge in [0.25, 0.3) is 0 Å². The van der Waals surface area contributed by atoms with Crippen LogP contribution in [0, 0.1) is 0 Å². The van der Waals surface area contributed by atoms with Crippen LogP contribution < -0.4 is 15.9 Å². The van der Waals surface area contributed by atoms with Crippen molar-refractivity contribution in [2.45, 2.75) is 0 Å². The van der Waals surface area contributed by atoms with Crippen molar-refractivity contribution in [3.63, 3.8) is 0 Å². The van der Waals surface area contributed by atoms with Crippen LogP contribution in [0.25, 0.3) is 44.5 Å². The number of aromatic nitrogens is 1. The summed E-state index contributed by atoms with van der Waals surface area (Å²) in [5.41, 5.74) is 8.20. The molecule has 0 bridgehead atoms. The van der Waals surface area contributed by atoms with E-state index in [0.717, 1.165) is 22.4 Å². The predicted molar refractivity (Wildman–Crippen MR) is 136 cm³/mol. The summed E-state index contributed by atoms with van der Waals surface area (Å²) in [5, 5.41) is 32.0. The topological polar surface area (TPSA) is 139 Å². The minimum Gasteiger partial charge on any atom is -0.507 e. The van der Waals surface area contributed by atoms with Crippen molar-refractivity contribution in [1.82, 2.24) is 4.98 Å². The second-order valence-corrected chi connectivity index (χ2v) is 8.39. The van der Waals surface area contributed by atoms with E-state index >= 15 is 0 Å². The van der Waals surface area contributed by atoms with Gasteiger partial charge in [-0.05, 0) is 54.6 Å². The smallest absolute Gasteiger partial charge is 0.186 e. The maximum absolute atomic E-state index is 11.9. The quantitative estimate of drug-likeness (QED) is 0.146. The highest BCUT2D eigenvalue weighted by Gasteiger charge is 2.20. The molecule has 3 aromatic carbocycles. The van der Waals surface area contributed by atoms with Crippen molar-refractivity contribution in [3.05, 3.63) is 89.1 Å². The molecular formula is C28H18N2O6. The molecule has 0 saturated carbocycles. The maximum atomic E-state index is 11.9. The first-order valence-corrected chi connectivity index (χ1v) is 11.0. The lowest BCUT2D eigenvalue weighted by Crippen LogP contribution is -2.00. The summed E-state index contributed by atoms with van der Waals surface area (Å²) in [6.07, 6.45) is 0. The van der Waals surface area contributed by atoms with Crippen molar-refractivity contribution in [3.8, 4) is 51.4 Å². The lowest BCUT2D eigenvalue weighted by atomic mass is 10.1. The molecule has 4 aromatic rings. The molecular weight excluding hydrogens is 460 g/mol. The van der Waals surface area contributed by atoms with Gasteiger partial charge in [0.1, 0.15) is 17.3 Å². The Kier molecular flexibility index (Phi) is 4.69. The number of pyridine rings is 1. The van der Waals surface area contributed by atoms with E-state index in [0.29, 0.717) is 22.5 Å². The molecule has 8 heteroatoms. The molecule has 2 aliphatic rings. The number of benzene rings is 4. The molecule has 0 amide bonds. The van der Waals surface area contributed by atoms with Crippen LogP contribution in [0.1, 0.15) is 0 Å². The Morgan fingerprint density at radius 2 is 1.53 bits per heavy atom. The van der Waals surface area contributed by atoms with Gasteiger partial charge in [0.15, 0.2) is 28.4 Å². The van der Waals surface area contributed by atoms with Crippen LogP contribution in [-0.4, -0.2) is 20.3 Å². The molecule has 6 rings (SSSR count). The number of phenolic OH excluding ortho intramolecular Hbond substituents is 3. The fourth-order valence-corrected chi connectivity index (χ4v) is 4.13. The highest BCUT2D eigenvalue weighted by Crippen LogP contribution is 2.43. The third-order valence-corrected chi connectivity index (χ3v) is 5.88. The molecule has 5 N–H and O–H groups in total. The number of aromatic hydroxyl groups is 3. The van der Waals surface area contributed by atoms with Gasteiger partial charge in [0.05, 0.1) is 16.6 Å². The molecule has 8 nitrogen and oxygen atoms in total. The predicted octanol–water partition coefficient (Wildman–Crippen LogP) is 5.60. The molecule has 2 heterocycles. The molecule has 0 unspecified atom stereocenters. The average molecular weight is 478 g/mol. The zero-order valence-corrected chi connectivity index (χ0v) is 18.6. The zero-order valence-electron chi connectivity index (χ0n) is 18.6. The molecule has 0 fully saturated rings. The lowest BCUT2D eigenvalue weighted by Gasteiger charge is -2.16. The van der Waals surface area contributed by atoms with Crippen LogP contribution >= 0.6 is 0 Å². The van der Waals surface area contributed by atoms with E-state index in [2.05, 4.69) is 0 Å². The van der Waals surface area contributed by atoms with Gasteiger partial charge in [0, 0.05) is 40.2 Å². The first-order chi connectivity index (χ1) is 17.3. The van der Waals surface area contributed by atoms with E-state index in [-0.39, 0.29) is 40.1 Å². The van der Waals surface area contributed by atoms with E-state index in [4.69, 9.17) is 19.9 Å². The summed E-state index contributed by atoms with van der Waals surface area (Å²) in [4.78, 5) is 16.6. The van der Waals surface area contributed by atoms with Crippen molar-refractivity contribution in [2.24, 2.45) is 0 Å². The van der Waals surface area contributed by atoms with Crippen LogP contribution in [0.15, 0.2) is 88.1 Å². The van der Waals surface area contributed by atoms with Gasteiger partial charge in [-0.25, -0.2) is 4.98 Å². The van der Waals surface area contributed by atoms with Crippen molar-refractivity contribution >= 4 is 27.5 Å². The number of anilines is 1. The fraction of sp³-hybridized carbons (Fsp3) is 0. The van der Waals surface area contributed by atoms with Crippen molar-refractivity contribution in [1.29, 1.82) is 0 Å². The van der Waals surface area contributed by atoms with Crippen LogP contribution in [-0.2, 0) is 0 Å². The van der Waals surface area contributed by atoms with Gasteiger partial charge in [0.2, 0.25) is 0 Å². The number of ether oxygens (including phenoxy) is 1. The third-order valence-electron chi connectivity index (χ3n) is 5.88. The SMILES string of the molecule is Nc1ccc2cc3ccc(Oc4cc5c(O)cc(=O)cc-5oc4-c4ccc(O)c(O)c4)cc3nc2c1. The van der Waals surface area contributed by atoms with E-state index < -0.39 is 5.43 Å². The summed E-state index contributed by atoms with van der Waals surface area (Å²) in [6, 6.07) is 21.0. The van der Waals surface area contributed by atoms with E-state index in [1.807, 2.05) is 24.3 Å². The number of nitrogens with zero attached hydrogens (tertiary/aromatic N) is 1. The van der Waals surface area contributed by atoms with Gasteiger partial charge in [-0.15, -0.1) is 0 Å². The highest BCUT2D eigenvalue weighted by atomic mass is 16.5. The standard InChI is InChI=1S/C28H18N2O6/c29-17-4-1-14-7-15-2-5-19(12-22(15)30-21(14)9-17)35-27-13-20-24(33)10-18(31)11-26(20)36-28(27)16-3-6-23(32)25(34)8-16/h1-13,32-34H,29H2. The van der Waals surface area contributed by atoms with E-state index in [9.17, 15) is 20.1 Å². The van der Waals surface area contributed by atoms with Crippen LogP contribution in [0.2, 0.25) is 0 Å². The molecule has 1 aliphatic heterocycles. The summed E-state index contributed by atoms with van der Waals surface area (Å²) < 4.78 is 12.1. The zero-order chi connectivity index (χ0) is 25.0. The Morgan fingerprint density at radius 1 is 0.750 bits per heavy atom. The lowest BCUT2D eigenvalue weighted by molar-refractivity contribution is 0.403. The first kappa shape index (κ1) is 21.3. The number of nitrogens with two attached hydrogens (primary N) is 1. The molecule has 176 valence electrons. The molecule has 1 aromatic heterocycles. The minimum absolute atomic E-state index is 0.138. The average Bonchev–Trinajstić information content (AvgIpc) is 2.84. The summed E-state index contributed by atoms with van der Waals surface area (Å²) in [6.45, 7) is 0. The second kappa shape index (κ2) is 7.92. The second-order valence-electron chi connectivity index (χ2n) is 8.39. The molecule has 0 atom stereocenters. The largest absolute Gasteiger partial charge is 0.507 e. The van der Waals surface area contributed by atoms with Crippen molar-refractivity contribution < 1.29 is 24.5 Å². The third kappa shape index (κ3) is 3.67. The number of nitrogen functional groups attached to an aromatic ring is 1. The Hall–Kier alpha value is -5.24. The van der Waals surface area contributed by atoms with Gasteiger partial charge in [-0.3, -0.25) is 4.79 Å². The monoisotopic (exact) mass is 478 g/mol. The van der Waals surface area contributed by atoms with Crippen LogP contribution in [0.3, 0.4) is 0 Å². The molecule has 0 radical (unpaired) electrons. The molecule has 36 heavy (non-hydrogen) atoms. The van der Waals surface area contributed by atoms with E-state index in [1.54, 1.807) is 24.3 Å². The van der Waals surface area contributed by atoms with Gasteiger partial charge >= 0.3 is 0 Å². The summed E-state index contributed by atoms with van der Waals surface area (Å²) in [5.74, 6) is 0.0739. The number of phenols is 3. The number of fused-ring (bicyclic) bond motifs is 3. The number of hydrogen-bond donors (Lipinski definition) is 4. The van der Waals surface area contributed by atoms with E-state index in [1.165, 1.54) is 24.3 Å². The molecule has 0 spiro atoms. The maximum Gasteiger partial charge on any atom is 0.186 e. The number of hydrogen-bond acceptors (Lipinski definition) is 8. The van der Waals surface area contributed by atoms with Gasteiger partial charge < -0.3 is 30.2 Å². The van der Waals surface area contributed by atoms with Gasteiger partial charge in [-0.1, -0.05) is 6.07 Å². The first-order valence-electron chi connectivity index (χ1n) is 11.0. The minimum atomic E-state index is -0.426. The summed E-state index contributed by atoms with van der Waals surface area (Å²) in [7, 11) is 0. The number of rotatable bonds is 3. The highest BCUT2D eigenvalue weighted by molar-refractivity contribution is 5.94. The Bertz CT molecular complexity index is 1840. The van der Waals surface area contributed by atoms with Crippen LogP contribution in [0.4, 0.5) is 5.69 Å². The van der Waals surface area contributed by atoms with Crippen LogP contribution in [0.5, 0.6) is 28.7 Å². The fourth-order valence-electron chi connectivity index (χ4n) is 4.13.